The average molecular weight is 660 g/mol. The van der Waals surface area contributed by atoms with E-state index in [2.05, 4.69) is 41.7 Å². The van der Waals surface area contributed by atoms with E-state index in [0.717, 1.165) is 57.7 Å². The number of ether oxygens (including phenoxy) is 7. The number of methoxy groups -OCH3 is 3. The van der Waals surface area contributed by atoms with Crippen LogP contribution in [0.5, 0.6) is 17.2 Å². The van der Waals surface area contributed by atoms with Crippen LogP contribution in [0.15, 0.2) is 84.9 Å². The number of hydrogen-bond acceptors (Lipinski definition) is 9. The van der Waals surface area contributed by atoms with Crippen LogP contribution in [0.2, 0.25) is 0 Å². The minimum Gasteiger partial charge on any atom is -0.496 e. The second-order valence-corrected chi connectivity index (χ2v) is 12.1. The number of aliphatic hydroxyl groups excluding tert-OH is 1. The highest BCUT2D eigenvalue weighted by Gasteiger charge is 2.35. The minimum absolute atomic E-state index is 0.0746. The molecule has 9 heteroatoms. The summed E-state index contributed by atoms with van der Waals surface area (Å²) in [5.41, 5.74) is 3.25. The predicted octanol–water partition coefficient (Wildman–Crippen LogP) is 5.76. The third kappa shape index (κ3) is 9.92. The molecule has 4 aromatic carbocycles. The van der Waals surface area contributed by atoms with Crippen LogP contribution in [0.3, 0.4) is 0 Å². The first-order valence-electron chi connectivity index (χ1n) is 16.6. The van der Waals surface area contributed by atoms with Crippen molar-refractivity contribution < 1.29 is 38.3 Å². The van der Waals surface area contributed by atoms with Crippen molar-refractivity contribution in [3.8, 4) is 17.2 Å². The van der Waals surface area contributed by atoms with Gasteiger partial charge in [-0.05, 0) is 46.8 Å². The lowest BCUT2D eigenvalue weighted by molar-refractivity contribution is -0.0449. The fraction of sp³-hybridized carbons (Fsp3) is 0.436. The molecule has 4 atom stereocenters. The van der Waals surface area contributed by atoms with Crippen molar-refractivity contribution in [1.82, 2.24) is 5.32 Å². The normalized spacial score (nSPS) is 18.5. The zero-order chi connectivity index (χ0) is 33.6. The van der Waals surface area contributed by atoms with E-state index in [4.69, 9.17) is 33.2 Å². The Balaban J connectivity index is 1.20. The smallest absolute Gasteiger partial charge is 0.127 e. The van der Waals surface area contributed by atoms with Gasteiger partial charge in [0, 0.05) is 49.4 Å². The molecule has 1 fully saturated rings. The van der Waals surface area contributed by atoms with Gasteiger partial charge in [0.1, 0.15) is 23.4 Å². The topological polar surface area (TPSA) is 96.9 Å². The number of benzene rings is 4. The Morgan fingerprint density at radius 1 is 0.792 bits per heavy atom. The summed E-state index contributed by atoms with van der Waals surface area (Å²) in [6.45, 7) is 4.53. The summed E-state index contributed by atoms with van der Waals surface area (Å²) < 4.78 is 40.7. The molecule has 0 bridgehead atoms. The first kappa shape index (κ1) is 35.6. The van der Waals surface area contributed by atoms with Crippen LogP contribution >= 0.6 is 0 Å². The highest BCUT2D eigenvalue weighted by atomic mass is 16.5. The van der Waals surface area contributed by atoms with Crippen LogP contribution in [-0.2, 0) is 32.2 Å². The molecule has 1 aliphatic heterocycles. The predicted molar refractivity (Wildman–Crippen MR) is 186 cm³/mol. The van der Waals surface area contributed by atoms with Crippen LogP contribution < -0.4 is 19.5 Å². The Bertz CT molecular complexity index is 1530. The minimum atomic E-state index is -0.664. The van der Waals surface area contributed by atoms with Crippen molar-refractivity contribution in [2.75, 3.05) is 67.5 Å². The summed E-state index contributed by atoms with van der Waals surface area (Å²) in [4.78, 5) is 0. The Labute approximate surface area is 284 Å². The lowest BCUT2D eigenvalue weighted by Crippen LogP contribution is -2.48. The monoisotopic (exact) mass is 659 g/mol. The van der Waals surface area contributed by atoms with Gasteiger partial charge in [-0.25, -0.2) is 0 Å². The van der Waals surface area contributed by atoms with Crippen molar-refractivity contribution in [2.45, 2.75) is 37.8 Å². The van der Waals surface area contributed by atoms with Crippen molar-refractivity contribution in [2.24, 2.45) is 5.92 Å². The number of para-hydroxylation sites is 1. The van der Waals surface area contributed by atoms with Crippen LogP contribution in [0.4, 0.5) is 0 Å². The number of aliphatic hydroxyl groups is 1. The molecule has 0 spiro atoms. The number of fused-ring (bicyclic) bond motifs is 1. The summed E-state index contributed by atoms with van der Waals surface area (Å²) in [6.07, 6.45) is 0.0124. The van der Waals surface area contributed by atoms with E-state index in [0.29, 0.717) is 39.6 Å². The van der Waals surface area contributed by atoms with E-state index >= 15 is 0 Å². The fourth-order valence-electron chi connectivity index (χ4n) is 6.31. The molecular weight excluding hydrogens is 610 g/mol. The summed E-state index contributed by atoms with van der Waals surface area (Å²) in [5.74, 6) is 2.70. The molecule has 0 unspecified atom stereocenters. The largest absolute Gasteiger partial charge is 0.496 e. The van der Waals surface area contributed by atoms with Crippen LogP contribution in [0.1, 0.15) is 29.0 Å². The van der Waals surface area contributed by atoms with E-state index in [1.165, 1.54) is 0 Å². The van der Waals surface area contributed by atoms with Gasteiger partial charge in [0.15, 0.2) is 0 Å². The lowest BCUT2D eigenvalue weighted by Gasteiger charge is -2.39. The molecule has 258 valence electrons. The number of nitrogens with one attached hydrogen (secondary N) is 1. The Morgan fingerprint density at radius 2 is 1.58 bits per heavy atom. The van der Waals surface area contributed by atoms with E-state index in [-0.39, 0.29) is 31.2 Å². The molecule has 0 saturated carbocycles. The van der Waals surface area contributed by atoms with Gasteiger partial charge in [0.25, 0.3) is 0 Å². The number of piperidine rings is 1. The summed E-state index contributed by atoms with van der Waals surface area (Å²) in [7, 11) is 4.94. The van der Waals surface area contributed by atoms with Crippen molar-refractivity contribution in [3.63, 3.8) is 0 Å². The fourth-order valence-corrected chi connectivity index (χ4v) is 6.31. The van der Waals surface area contributed by atoms with E-state index in [1.54, 1.807) is 21.3 Å². The molecule has 1 aliphatic rings. The first-order chi connectivity index (χ1) is 23.6. The zero-order valence-corrected chi connectivity index (χ0v) is 28.3. The Hall–Kier alpha value is -3.70. The third-order valence-electron chi connectivity index (χ3n) is 8.65. The van der Waals surface area contributed by atoms with Gasteiger partial charge in [-0.1, -0.05) is 54.6 Å². The van der Waals surface area contributed by atoms with Crippen molar-refractivity contribution in [3.05, 3.63) is 102 Å². The highest BCUT2D eigenvalue weighted by Crippen LogP contribution is 2.35. The Kier molecular flexibility index (Phi) is 13.9. The summed E-state index contributed by atoms with van der Waals surface area (Å²) in [5, 5.41) is 15.9. The second-order valence-electron chi connectivity index (χ2n) is 12.1. The molecule has 0 aliphatic carbocycles. The molecule has 0 amide bonds. The lowest BCUT2D eigenvalue weighted by atomic mass is 9.79. The highest BCUT2D eigenvalue weighted by molar-refractivity contribution is 5.89. The third-order valence-corrected chi connectivity index (χ3v) is 8.65. The molecule has 1 heterocycles. The van der Waals surface area contributed by atoms with E-state index < -0.39 is 6.10 Å². The second kappa shape index (κ2) is 18.7. The van der Waals surface area contributed by atoms with Gasteiger partial charge in [-0.3, -0.25) is 0 Å². The van der Waals surface area contributed by atoms with Gasteiger partial charge in [-0.2, -0.15) is 0 Å². The van der Waals surface area contributed by atoms with Gasteiger partial charge < -0.3 is 43.6 Å². The number of rotatable bonds is 19. The maximum atomic E-state index is 10.1. The standard InChI is InChI=1S/C39H49NO8/c1-42-26-33(41)27-46-25-32-21-40-22-38(48-23-28-19-30-9-4-6-11-35(30)37(20-28)44-3)39(32)29-13-15-34(16-14-29)47-18-8-17-45-24-31-10-5-7-12-36(31)43-2/h4-7,9-16,19-20,32-33,38-41H,8,17-18,21-27H2,1-3H3/t32-,33+,38-,39-/m0/s1. The average Bonchev–Trinajstić information content (AvgIpc) is 3.12. The molecule has 2 N–H and O–H groups in total. The van der Waals surface area contributed by atoms with Crippen LogP contribution in [0, 0.1) is 5.92 Å². The molecule has 0 radical (unpaired) electrons. The molecule has 48 heavy (non-hydrogen) atoms. The van der Waals surface area contributed by atoms with Crippen LogP contribution in [0.25, 0.3) is 10.8 Å². The van der Waals surface area contributed by atoms with Crippen molar-refractivity contribution in [1.29, 1.82) is 0 Å². The summed E-state index contributed by atoms with van der Waals surface area (Å²) in [6, 6.07) is 28.6. The number of hydrogen-bond donors (Lipinski definition) is 2. The molecule has 0 aromatic heterocycles. The molecular formula is C39H49NO8. The quantitative estimate of drug-likeness (QED) is 0.122. The van der Waals surface area contributed by atoms with Gasteiger partial charge in [-0.15, -0.1) is 0 Å². The Morgan fingerprint density at radius 3 is 2.40 bits per heavy atom. The van der Waals surface area contributed by atoms with Gasteiger partial charge in [0.2, 0.25) is 0 Å². The van der Waals surface area contributed by atoms with Crippen molar-refractivity contribution >= 4 is 10.8 Å². The first-order valence-corrected chi connectivity index (χ1v) is 16.6. The van der Waals surface area contributed by atoms with E-state index in [1.807, 2.05) is 48.5 Å². The molecule has 4 aromatic rings. The molecule has 1 saturated heterocycles. The van der Waals surface area contributed by atoms with Gasteiger partial charge >= 0.3 is 0 Å². The molecule has 9 nitrogen and oxygen atoms in total. The molecule has 5 rings (SSSR count). The van der Waals surface area contributed by atoms with Crippen LogP contribution in [-0.4, -0.2) is 84.8 Å². The SMILES string of the molecule is COC[C@@H](O)COC[C@@H]1CNC[C@H](OCc2cc(OC)c3ccccc3c2)[C@H]1c1ccc(OCCCOCc2ccccc2OC)cc1. The maximum absolute atomic E-state index is 10.1. The summed E-state index contributed by atoms with van der Waals surface area (Å²) >= 11 is 0. The maximum Gasteiger partial charge on any atom is 0.127 e. The van der Waals surface area contributed by atoms with Gasteiger partial charge in [0.05, 0.1) is 66.6 Å². The van der Waals surface area contributed by atoms with E-state index in [9.17, 15) is 5.11 Å². The zero-order valence-electron chi connectivity index (χ0n) is 28.3.